The highest BCUT2D eigenvalue weighted by molar-refractivity contribution is 6.36. The second-order valence-corrected chi connectivity index (χ2v) is 13.4. The Balaban J connectivity index is 1.17. The van der Waals surface area contributed by atoms with Gasteiger partial charge in [-0.25, -0.2) is 4.98 Å². The fourth-order valence-electron chi connectivity index (χ4n) is 8.13. The van der Waals surface area contributed by atoms with Crippen molar-refractivity contribution in [3.05, 3.63) is 70.8 Å². The monoisotopic (exact) mass is 585 g/mol. The predicted octanol–water partition coefficient (Wildman–Crippen LogP) is 7.85. The molecule has 42 heavy (non-hydrogen) atoms. The van der Waals surface area contributed by atoms with Crippen molar-refractivity contribution in [3.63, 3.8) is 0 Å². The Bertz CT molecular complexity index is 1530. The molecule has 2 aromatic carbocycles. The van der Waals surface area contributed by atoms with Gasteiger partial charge in [-0.1, -0.05) is 49.4 Å². The highest BCUT2D eigenvalue weighted by Crippen LogP contribution is 2.62. The van der Waals surface area contributed by atoms with Gasteiger partial charge in [0.25, 0.3) is 0 Å². The average Bonchev–Trinajstić information content (AvgIpc) is 3.65. The second-order valence-electron chi connectivity index (χ2n) is 13.0. The molecule has 1 aliphatic heterocycles. The number of benzene rings is 2. The summed E-state index contributed by atoms with van der Waals surface area (Å²) in [6, 6.07) is 12.3. The Morgan fingerprint density at radius 2 is 1.81 bits per heavy atom. The number of aromatic nitrogens is 2. The maximum Gasteiger partial charge on any atom is 0.156 e. The molecule has 0 amide bonds. The number of rotatable bonds is 10. The van der Waals surface area contributed by atoms with Gasteiger partial charge in [0.1, 0.15) is 5.78 Å². The first-order chi connectivity index (χ1) is 20.2. The molecule has 7 heteroatoms. The molecule has 2 bridgehead atoms. The van der Waals surface area contributed by atoms with Crippen LogP contribution in [0, 0.1) is 17.8 Å². The number of nitrogens with zero attached hydrogens (tertiary/aromatic N) is 3. The number of nitrogens with one attached hydrogen (secondary N) is 2. The lowest BCUT2D eigenvalue weighted by Gasteiger charge is -2.35. The Hall–Kier alpha value is -3.09. The van der Waals surface area contributed by atoms with Gasteiger partial charge >= 0.3 is 0 Å². The predicted molar refractivity (Wildman–Crippen MR) is 174 cm³/mol. The number of hydrogen-bond acceptors (Lipinski definition) is 5. The first kappa shape index (κ1) is 29.0. The van der Waals surface area contributed by atoms with Gasteiger partial charge in [0.05, 0.1) is 22.1 Å². The summed E-state index contributed by atoms with van der Waals surface area (Å²) >= 11 is 6.98. The third-order valence-corrected chi connectivity index (χ3v) is 10.8. The van der Waals surface area contributed by atoms with E-state index in [9.17, 15) is 4.79 Å². The standard InChI is InChI=1S/C35H44ClN5O/c1-6-9-31(42)35-17-15-34(21-35,16-18-35)22-41-19-14-30-29(20-41)39-33(40(30)5)24(3)38-28-13-8-11-26(32(28)36)25-10-7-12-27(37-4)23(25)2/h7-8,10-13,37-38H,3,6,9,14-22H2,1-2,4-5H3. The van der Waals surface area contributed by atoms with Crippen LogP contribution in [0.4, 0.5) is 11.4 Å². The van der Waals surface area contributed by atoms with E-state index in [0.29, 0.717) is 16.2 Å². The number of imidazole rings is 1. The van der Waals surface area contributed by atoms with Crippen LogP contribution in [0.15, 0.2) is 43.0 Å². The molecule has 0 saturated heterocycles. The number of Topliss-reactive ketones (excluding diaryl/α,β-unsaturated/α-hetero) is 1. The minimum atomic E-state index is -0.0223. The summed E-state index contributed by atoms with van der Waals surface area (Å²) in [6.45, 7) is 11.6. The molecule has 0 atom stereocenters. The molecule has 0 spiro atoms. The topological polar surface area (TPSA) is 62.2 Å². The molecule has 6 nitrogen and oxygen atoms in total. The van der Waals surface area contributed by atoms with E-state index in [2.05, 4.69) is 65.8 Å². The first-order valence-corrected chi connectivity index (χ1v) is 15.9. The third kappa shape index (κ3) is 4.97. The van der Waals surface area contributed by atoms with Crippen molar-refractivity contribution >= 4 is 34.5 Å². The lowest BCUT2D eigenvalue weighted by Crippen LogP contribution is -2.39. The molecule has 3 aliphatic rings. The number of hydrogen-bond donors (Lipinski definition) is 2. The van der Waals surface area contributed by atoms with E-state index >= 15 is 0 Å². The van der Waals surface area contributed by atoms with E-state index in [1.54, 1.807) is 0 Å². The molecular formula is C35H44ClN5O. The van der Waals surface area contributed by atoms with Crippen LogP contribution in [-0.2, 0) is 24.8 Å². The highest BCUT2D eigenvalue weighted by atomic mass is 35.5. The Labute approximate surface area is 255 Å². The normalized spacial score (nSPS) is 23.2. The van der Waals surface area contributed by atoms with Crippen molar-refractivity contribution in [2.75, 3.05) is 30.8 Å². The van der Waals surface area contributed by atoms with Crippen LogP contribution in [0.1, 0.15) is 74.6 Å². The Morgan fingerprint density at radius 1 is 1.10 bits per heavy atom. The SMILES string of the molecule is C=C(Nc1cccc(-c2cccc(NC)c2C)c1Cl)c1nc2c(n1C)CCN(CC13CCC(C(=O)CCC)(CC1)C3)C2. The molecule has 3 aromatic rings. The quantitative estimate of drug-likeness (QED) is 0.254. The van der Waals surface area contributed by atoms with E-state index in [4.69, 9.17) is 16.6 Å². The number of ketones is 1. The maximum atomic E-state index is 13.0. The third-order valence-electron chi connectivity index (χ3n) is 10.4. The lowest BCUT2D eigenvalue weighted by molar-refractivity contribution is -0.128. The molecule has 0 unspecified atom stereocenters. The molecule has 2 saturated carbocycles. The number of carbonyl (C=O) groups excluding carboxylic acids is 1. The molecule has 2 fully saturated rings. The van der Waals surface area contributed by atoms with Crippen molar-refractivity contribution in [2.24, 2.45) is 17.9 Å². The zero-order valence-electron chi connectivity index (χ0n) is 25.6. The Kier molecular flexibility index (Phi) is 7.73. The van der Waals surface area contributed by atoms with E-state index < -0.39 is 0 Å². The van der Waals surface area contributed by atoms with E-state index in [1.807, 2.05) is 25.2 Å². The maximum absolute atomic E-state index is 13.0. The van der Waals surface area contributed by atoms with Gasteiger partial charge < -0.3 is 15.2 Å². The van der Waals surface area contributed by atoms with Gasteiger partial charge in [0, 0.05) is 68.9 Å². The largest absolute Gasteiger partial charge is 0.388 e. The number of fused-ring (bicyclic) bond motifs is 3. The molecule has 222 valence electrons. The van der Waals surface area contributed by atoms with Gasteiger partial charge in [-0.05, 0) is 74.1 Å². The van der Waals surface area contributed by atoms with Crippen LogP contribution >= 0.6 is 11.6 Å². The van der Waals surface area contributed by atoms with Crippen LogP contribution in [0.5, 0.6) is 0 Å². The molecule has 0 radical (unpaired) electrons. The van der Waals surface area contributed by atoms with Crippen LogP contribution in [0.25, 0.3) is 16.8 Å². The zero-order valence-corrected chi connectivity index (χ0v) is 26.3. The van der Waals surface area contributed by atoms with Crippen LogP contribution in [-0.4, -0.2) is 40.4 Å². The van der Waals surface area contributed by atoms with Gasteiger partial charge in [-0.15, -0.1) is 0 Å². The van der Waals surface area contributed by atoms with Crippen LogP contribution < -0.4 is 10.6 Å². The summed E-state index contributed by atoms with van der Waals surface area (Å²) in [5.74, 6) is 1.37. The highest BCUT2D eigenvalue weighted by Gasteiger charge is 2.57. The smallest absolute Gasteiger partial charge is 0.156 e. The summed E-state index contributed by atoms with van der Waals surface area (Å²) < 4.78 is 2.19. The minimum Gasteiger partial charge on any atom is -0.388 e. The minimum absolute atomic E-state index is 0.0223. The average molecular weight is 586 g/mol. The fourth-order valence-corrected chi connectivity index (χ4v) is 8.40. The van der Waals surface area contributed by atoms with Gasteiger partial charge in [-0.2, -0.15) is 0 Å². The van der Waals surface area contributed by atoms with E-state index in [1.165, 1.54) is 18.5 Å². The molecule has 2 N–H and O–H groups in total. The summed E-state index contributed by atoms with van der Waals surface area (Å²) in [7, 11) is 4.03. The van der Waals surface area contributed by atoms with Gasteiger partial charge in [0.15, 0.2) is 5.82 Å². The number of anilines is 2. The summed E-state index contributed by atoms with van der Waals surface area (Å²) in [6.07, 6.45) is 8.34. The lowest BCUT2D eigenvalue weighted by atomic mass is 9.78. The Morgan fingerprint density at radius 3 is 2.52 bits per heavy atom. The molecule has 2 aliphatic carbocycles. The summed E-state index contributed by atoms with van der Waals surface area (Å²) in [5, 5.41) is 7.41. The van der Waals surface area contributed by atoms with E-state index in [-0.39, 0.29) is 5.41 Å². The van der Waals surface area contributed by atoms with Crippen molar-refractivity contribution in [1.29, 1.82) is 0 Å². The molecule has 1 aromatic heterocycles. The van der Waals surface area contributed by atoms with Crippen molar-refractivity contribution in [3.8, 4) is 11.1 Å². The number of carbonyl (C=O) groups is 1. The van der Waals surface area contributed by atoms with Crippen LogP contribution in [0.2, 0.25) is 5.02 Å². The zero-order chi connectivity index (χ0) is 29.6. The first-order valence-electron chi connectivity index (χ1n) is 15.5. The fraction of sp³-hybridized carbons (Fsp3) is 0.486. The summed E-state index contributed by atoms with van der Waals surface area (Å²) in [5.41, 5.74) is 8.59. The van der Waals surface area contributed by atoms with Crippen LogP contribution in [0.3, 0.4) is 0 Å². The van der Waals surface area contributed by atoms with E-state index in [0.717, 1.165) is 103 Å². The number of halogens is 1. The van der Waals surface area contributed by atoms with Gasteiger partial charge in [0.2, 0.25) is 0 Å². The second kappa shape index (κ2) is 11.2. The summed E-state index contributed by atoms with van der Waals surface area (Å²) in [4.78, 5) is 20.6. The van der Waals surface area contributed by atoms with Crippen molar-refractivity contribution in [2.45, 2.75) is 71.8 Å². The van der Waals surface area contributed by atoms with Crippen molar-refractivity contribution in [1.82, 2.24) is 14.5 Å². The molecule has 2 heterocycles. The van der Waals surface area contributed by atoms with Gasteiger partial charge in [-0.3, -0.25) is 9.69 Å². The van der Waals surface area contributed by atoms with Crippen molar-refractivity contribution < 1.29 is 4.79 Å². The molecular weight excluding hydrogens is 542 g/mol. The molecule has 6 rings (SSSR count).